The van der Waals surface area contributed by atoms with E-state index in [1.807, 2.05) is 0 Å². The van der Waals surface area contributed by atoms with Crippen LogP contribution in [0.15, 0.2) is 30.5 Å². The number of nitrogens with one attached hydrogen (secondary N) is 1. The molecule has 0 unspecified atom stereocenters. The number of rotatable bonds is 4. The molecular weight excluding hydrogens is 314 g/mol. The summed E-state index contributed by atoms with van der Waals surface area (Å²) in [5.74, 6) is -1.84. The lowest BCUT2D eigenvalue weighted by Crippen LogP contribution is -2.31. The Hall–Kier alpha value is -2.57. The zero-order valence-electron chi connectivity index (χ0n) is 13.1. The lowest BCUT2D eigenvalue weighted by atomic mass is 10.1. The molecule has 2 heterocycles. The number of benzene rings is 1. The number of amides is 1. The van der Waals surface area contributed by atoms with Crippen LogP contribution in [0.2, 0.25) is 0 Å². The molecule has 0 atom stereocenters. The lowest BCUT2D eigenvalue weighted by Gasteiger charge is -2.26. The first-order valence-electron chi connectivity index (χ1n) is 7.93. The summed E-state index contributed by atoms with van der Waals surface area (Å²) in [6, 6.07) is 4.78. The van der Waals surface area contributed by atoms with Gasteiger partial charge in [-0.2, -0.15) is 0 Å². The van der Waals surface area contributed by atoms with E-state index in [0.29, 0.717) is 11.6 Å². The van der Waals surface area contributed by atoms with E-state index in [1.165, 1.54) is 12.5 Å². The van der Waals surface area contributed by atoms with E-state index < -0.39 is 17.5 Å². The summed E-state index contributed by atoms with van der Waals surface area (Å²) in [6.45, 7) is 2.07. The number of piperidine rings is 1. The van der Waals surface area contributed by atoms with Gasteiger partial charge in [-0.1, -0.05) is 0 Å². The van der Waals surface area contributed by atoms with Crippen LogP contribution in [0.4, 0.5) is 14.7 Å². The molecule has 1 amide bonds. The highest BCUT2D eigenvalue weighted by Gasteiger charge is 2.14. The first-order chi connectivity index (χ1) is 11.6. The molecule has 0 radical (unpaired) electrons. The fourth-order valence-corrected chi connectivity index (χ4v) is 2.64. The van der Waals surface area contributed by atoms with Crippen molar-refractivity contribution in [3.8, 4) is 0 Å². The van der Waals surface area contributed by atoms with Gasteiger partial charge in [0.25, 0.3) is 5.91 Å². The minimum Gasteiger partial charge on any atom is -0.346 e. The SMILES string of the molecule is O=C(NCc1ccnc(N2CCCCC2)n1)c1ccc(F)c(F)c1. The molecular formula is C17H18F2N4O. The van der Waals surface area contributed by atoms with Crippen LogP contribution in [0.25, 0.3) is 0 Å². The lowest BCUT2D eigenvalue weighted by molar-refractivity contribution is 0.0950. The maximum Gasteiger partial charge on any atom is 0.251 e. The average Bonchev–Trinajstić information content (AvgIpc) is 2.63. The van der Waals surface area contributed by atoms with Crippen molar-refractivity contribution in [1.82, 2.24) is 15.3 Å². The van der Waals surface area contributed by atoms with Crippen LogP contribution >= 0.6 is 0 Å². The molecule has 0 bridgehead atoms. The summed E-state index contributed by atoms with van der Waals surface area (Å²) in [7, 11) is 0. The van der Waals surface area contributed by atoms with Gasteiger partial charge in [-0.05, 0) is 43.5 Å². The van der Waals surface area contributed by atoms with Crippen molar-refractivity contribution in [1.29, 1.82) is 0 Å². The van der Waals surface area contributed by atoms with Crippen molar-refractivity contribution in [3.63, 3.8) is 0 Å². The quantitative estimate of drug-likeness (QED) is 0.935. The van der Waals surface area contributed by atoms with Gasteiger partial charge in [0.05, 0.1) is 12.2 Å². The highest BCUT2D eigenvalue weighted by molar-refractivity contribution is 5.94. The van der Waals surface area contributed by atoms with E-state index in [1.54, 1.807) is 12.3 Å². The summed E-state index contributed by atoms with van der Waals surface area (Å²) in [5, 5.41) is 2.66. The van der Waals surface area contributed by atoms with E-state index in [-0.39, 0.29) is 12.1 Å². The molecule has 126 valence electrons. The highest BCUT2D eigenvalue weighted by Crippen LogP contribution is 2.15. The molecule has 1 aliphatic rings. The maximum absolute atomic E-state index is 13.2. The Balaban J connectivity index is 1.63. The van der Waals surface area contributed by atoms with Gasteiger partial charge >= 0.3 is 0 Å². The van der Waals surface area contributed by atoms with Crippen LogP contribution in [0.1, 0.15) is 35.3 Å². The molecule has 0 spiro atoms. The molecule has 5 nitrogen and oxygen atoms in total. The Bertz CT molecular complexity index is 732. The second kappa shape index (κ2) is 7.33. The van der Waals surface area contributed by atoms with E-state index in [2.05, 4.69) is 20.2 Å². The summed E-state index contributed by atoms with van der Waals surface area (Å²) in [6.07, 6.45) is 5.14. The number of hydrogen-bond acceptors (Lipinski definition) is 4. The molecule has 0 saturated carbocycles. The van der Waals surface area contributed by atoms with Gasteiger partial charge in [-0.15, -0.1) is 0 Å². The third-order valence-electron chi connectivity index (χ3n) is 3.95. The topological polar surface area (TPSA) is 58.1 Å². The van der Waals surface area contributed by atoms with Gasteiger partial charge in [-0.3, -0.25) is 4.79 Å². The van der Waals surface area contributed by atoms with Gasteiger partial charge in [0.1, 0.15) is 0 Å². The fourth-order valence-electron chi connectivity index (χ4n) is 2.64. The summed E-state index contributed by atoms with van der Waals surface area (Å²) in [5.41, 5.74) is 0.737. The fraction of sp³-hybridized carbons (Fsp3) is 0.353. The van der Waals surface area contributed by atoms with Gasteiger partial charge in [0.15, 0.2) is 11.6 Å². The largest absolute Gasteiger partial charge is 0.346 e. The van der Waals surface area contributed by atoms with Crippen molar-refractivity contribution in [2.75, 3.05) is 18.0 Å². The first-order valence-corrected chi connectivity index (χ1v) is 7.93. The molecule has 0 aliphatic carbocycles. The maximum atomic E-state index is 13.2. The van der Waals surface area contributed by atoms with Crippen LogP contribution in [-0.4, -0.2) is 29.0 Å². The molecule has 1 aliphatic heterocycles. The Kier molecular flexibility index (Phi) is 4.98. The molecule has 3 rings (SSSR count). The number of nitrogens with zero attached hydrogens (tertiary/aromatic N) is 3. The molecule has 1 N–H and O–H groups in total. The number of halogens is 2. The van der Waals surface area contributed by atoms with Crippen molar-refractivity contribution < 1.29 is 13.6 Å². The molecule has 2 aromatic rings. The second-order valence-electron chi connectivity index (χ2n) is 5.71. The minimum absolute atomic E-state index is 0.0687. The highest BCUT2D eigenvalue weighted by atomic mass is 19.2. The predicted molar refractivity (Wildman–Crippen MR) is 85.6 cm³/mol. The predicted octanol–water partition coefficient (Wildman–Crippen LogP) is 2.68. The van der Waals surface area contributed by atoms with Crippen LogP contribution in [0.3, 0.4) is 0 Å². The van der Waals surface area contributed by atoms with Gasteiger partial charge in [0, 0.05) is 24.8 Å². The van der Waals surface area contributed by atoms with Crippen molar-refractivity contribution in [3.05, 3.63) is 53.4 Å². The Labute approximate surface area is 138 Å². The monoisotopic (exact) mass is 332 g/mol. The zero-order chi connectivity index (χ0) is 16.9. The second-order valence-corrected chi connectivity index (χ2v) is 5.71. The number of hydrogen-bond donors (Lipinski definition) is 1. The van der Waals surface area contributed by atoms with Crippen LogP contribution < -0.4 is 10.2 Å². The van der Waals surface area contributed by atoms with Gasteiger partial charge < -0.3 is 10.2 Å². The third-order valence-corrected chi connectivity index (χ3v) is 3.95. The molecule has 1 aromatic heterocycles. The van der Waals surface area contributed by atoms with E-state index in [0.717, 1.165) is 38.1 Å². The summed E-state index contributed by atoms with van der Waals surface area (Å²) >= 11 is 0. The van der Waals surface area contributed by atoms with Crippen molar-refractivity contribution in [2.45, 2.75) is 25.8 Å². The Morgan fingerprint density at radius 1 is 1.12 bits per heavy atom. The van der Waals surface area contributed by atoms with Crippen LogP contribution in [0.5, 0.6) is 0 Å². The van der Waals surface area contributed by atoms with Crippen molar-refractivity contribution in [2.24, 2.45) is 0 Å². The average molecular weight is 332 g/mol. The summed E-state index contributed by atoms with van der Waals surface area (Å²) in [4.78, 5) is 22.9. The normalized spacial score (nSPS) is 14.5. The molecule has 1 fully saturated rings. The van der Waals surface area contributed by atoms with E-state index in [4.69, 9.17) is 0 Å². The molecule has 24 heavy (non-hydrogen) atoms. The smallest absolute Gasteiger partial charge is 0.251 e. The number of carbonyl (C=O) groups excluding carboxylic acids is 1. The van der Waals surface area contributed by atoms with Crippen molar-refractivity contribution >= 4 is 11.9 Å². The number of anilines is 1. The standard InChI is InChI=1S/C17H18F2N4O/c18-14-5-4-12(10-15(14)19)16(24)21-11-13-6-7-20-17(22-13)23-8-2-1-3-9-23/h4-7,10H,1-3,8-9,11H2,(H,21,24). The zero-order valence-corrected chi connectivity index (χ0v) is 13.1. The number of aromatic nitrogens is 2. The van der Waals surface area contributed by atoms with E-state index in [9.17, 15) is 13.6 Å². The van der Waals surface area contributed by atoms with E-state index >= 15 is 0 Å². The molecule has 7 heteroatoms. The minimum atomic E-state index is -1.04. The van der Waals surface area contributed by atoms with Crippen LogP contribution in [0, 0.1) is 11.6 Å². The first kappa shape index (κ1) is 16.3. The molecule has 1 saturated heterocycles. The summed E-state index contributed by atoms with van der Waals surface area (Å²) < 4.78 is 26.1. The Morgan fingerprint density at radius 2 is 1.92 bits per heavy atom. The Morgan fingerprint density at radius 3 is 2.67 bits per heavy atom. The number of carbonyl (C=O) groups is 1. The molecule has 1 aromatic carbocycles. The third kappa shape index (κ3) is 3.84. The van der Waals surface area contributed by atoms with Crippen LogP contribution in [-0.2, 0) is 6.54 Å². The van der Waals surface area contributed by atoms with Gasteiger partial charge in [0.2, 0.25) is 5.95 Å². The van der Waals surface area contributed by atoms with Gasteiger partial charge in [-0.25, -0.2) is 18.7 Å².